The first-order valence-electron chi connectivity index (χ1n) is 8.86. The standard InChI is InChI=1S/C19H27N3O2S/c1-19(2,3)14-6-4-13(5-7-14)18(24)22-12-25-11-16(22)17(23)21-15-8-9-20-10-15/h4-7,15-16,20H,8-12H2,1-3H3,(H,21,23). The lowest BCUT2D eigenvalue weighted by atomic mass is 9.86. The van der Waals surface area contributed by atoms with Crippen LogP contribution in [0.25, 0.3) is 0 Å². The molecule has 5 nitrogen and oxygen atoms in total. The van der Waals surface area contributed by atoms with Crippen molar-refractivity contribution in [2.75, 3.05) is 24.7 Å². The molecule has 2 saturated heterocycles. The molecule has 2 aliphatic rings. The van der Waals surface area contributed by atoms with Crippen LogP contribution in [0, 0.1) is 0 Å². The van der Waals surface area contributed by atoms with Gasteiger partial charge in [0.25, 0.3) is 5.91 Å². The summed E-state index contributed by atoms with van der Waals surface area (Å²) in [4.78, 5) is 27.2. The number of hydrogen-bond acceptors (Lipinski definition) is 4. The van der Waals surface area contributed by atoms with Gasteiger partial charge in [-0.3, -0.25) is 9.59 Å². The van der Waals surface area contributed by atoms with Gasteiger partial charge in [-0.05, 0) is 36.1 Å². The number of hydrogen-bond donors (Lipinski definition) is 2. The Labute approximate surface area is 153 Å². The molecular formula is C19H27N3O2S. The van der Waals surface area contributed by atoms with E-state index in [1.807, 2.05) is 24.3 Å². The summed E-state index contributed by atoms with van der Waals surface area (Å²) >= 11 is 1.64. The highest BCUT2D eigenvalue weighted by Crippen LogP contribution is 2.26. The van der Waals surface area contributed by atoms with Crippen molar-refractivity contribution < 1.29 is 9.59 Å². The van der Waals surface area contributed by atoms with Gasteiger partial charge in [-0.1, -0.05) is 32.9 Å². The Balaban J connectivity index is 1.68. The van der Waals surface area contributed by atoms with Crippen molar-refractivity contribution in [2.24, 2.45) is 0 Å². The van der Waals surface area contributed by atoms with E-state index in [2.05, 4.69) is 31.4 Å². The zero-order valence-corrected chi connectivity index (χ0v) is 16.0. The summed E-state index contributed by atoms with van der Waals surface area (Å²) in [5, 5.41) is 6.32. The fourth-order valence-corrected chi connectivity index (χ4v) is 4.37. The Morgan fingerprint density at radius 2 is 1.96 bits per heavy atom. The van der Waals surface area contributed by atoms with E-state index in [-0.39, 0.29) is 29.3 Å². The monoisotopic (exact) mass is 361 g/mol. The lowest BCUT2D eigenvalue weighted by molar-refractivity contribution is -0.125. The van der Waals surface area contributed by atoms with Crippen molar-refractivity contribution in [3.8, 4) is 0 Å². The second-order valence-electron chi connectivity index (χ2n) is 7.82. The summed E-state index contributed by atoms with van der Waals surface area (Å²) in [6, 6.07) is 7.58. The van der Waals surface area contributed by atoms with Crippen molar-refractivity contribution >= 4 is 23.6 Å². The first-order valence-corrected chi connectivity index (χ1v) is 10.0. The first kappa shape index (κ1) is 18.3. The summed E-state index contributed by atoms with van der Waals surface area (Å²) in [6.07, 6.45) is 0.952. The molecule has 2 unspecified atom stereocenters. The van der Waals surface area contributed by atoms with Crippen molar-refractivity contribution in [3.05, 3.63) is 35.4 Å². The largest absolute Gasteiger partial charge is 0.350 e. The van der Waals surface area contributed by atoms with Gasteiger partial charge in [-0.15, -0.1) is 11.8 Å². The molecule has 2 N–H and O–H groups in total. The van der Waals surface area contributed by atoms with Crippen LogP contribution in [-0.4, -0.2) is 53.5 Å². The Kier molecular flexibility index (Phi) is 5.39. The minimum atomic E-state index is -0.375. The Morgan fingerprint density at radius 3 is 2.56 bits per heavy atom. The summed E-state index contributed by atoms with van der Waals surface area (Å²) in [6.45, 7) is 8.21. The molecule has 0 aliphatic carbocycles. The molecule has 136 valence electrons. The van der Waals surface area contributed by atoms with Gasteiger partial charge in [0.15, 0.2) is 0 Å². The maximum Gasteiger partial charge on any atom is 0.255 e. The molecule has 6 heteroatoms. The minimum Gasteiger partial charge on any atom is -0.350 e. The van der Waals surface area contributed by atoms with E-state index >= 15 is 0 Å². The average Bonchev–Trinajstić information content (AvgIpc) is 3.24. The summed E-state index contributed by atoms with van der Waals surface area (Å²) in [7, 11) is 0. The molecule has 2 aliphatic heterocycles. The van der Waals surface area contributed by atoms with E-state index in [0.29, 0.717) is 17.2 Å². The van der Waals surface area contributed by atoms with Gasteiger partial charge in [-0.25, -0.2) is 0 Å². The lowest BCUT2D eigenvalue weighted by Gasteiger charge is -2.25. The third-order valence-electron chi connectivity index (χ3n) is 4.85. The molecule has 2 atom stereocenters. The van der Waals surface area contributed by atoms with Crippen LogP contribution < -0.4 is 10.6 Å². The average molecular weight is 362 g/mol. The molecular weight excluding hydrogens is 334 g/mol. The highest BCUT2D eigenvalue weighted by atomic mass is 32.2. The Morgan fingerprint density at radius 1 is 1.24 bits per heavy atom. The van der Waals surface area contributed by atoms with Gasteiger partial charge in [0.05, 0.1) is 5.88 Å². The van der Waals surface area contributed by atoms with Gasteiger partial charge in [0, 0.05) is 23.9 Å². The van der Waals surface area contributed by atoms with E-state index in [1.165, 1.54) is 5.56 Å². The second-order valence-corrected chi connectivity index (χ2v) is 8.82. The molecule has 2 heterocycles. The predicted molar refractivity (Wildman–Crippen MR) is 102 cm³/mol. The lowest BCUT2D eigenvalue weighted by Crippen LogP contribution is -2.50. The molecule has 2 fully saturated rings. The van der Waals surface area contributed by atoms with Gasteiger partial charge in [0.2, 0.25) is 5.91 Å². The van der Waals surface area contributed by atoms with Crippen molar-refractivity contribution in [3.63, 3.8) is 0 Å². The second kappa shape index (κ2) is 7.38. The van der Waals surface area contributed by atoms with Crippen molar-refractivity contribution in [2.45, 2.75) is 44.7 Å². The normalized spacial score (nSPS) is 23.7. The third-order valence-corrected chi connectivity index (χ3v) is 5.86. The molecule has 3 rings (SSSR count). The highest BCUT2D eigenvalue weighted by Gasteiger charge is 2.36. The van der Waals surface area contributed by atoms with Gasteiger partial charge in [0.1, 0.15) is 6.04 Å². The van der Waals surface area contributed by atoms with E-state index in [0.717, 1.165) is 19.5 Å². The van der Waals surface area contributed by atoms with E-state index in [9.17, 15) is 9.59 Å². The Bertz CT molecular complexity index is 633. The molecule has 25 heavy (non-hydrogen) atoms. The molecule has 0 spiro atoms. The van der Waals surface area contributed by atoms with Gasteiger partial charge >= 0.3 is 0 Å². The van der Waals surface area contributed by atoms with Crippen LogP contribution in [-0.2, 0) is 10.2 Å². The molecule has 2 amide bonds. The van der Waals surface area contributed by atoms with Crippen LogP contribution in [0.4, 0.5) is 0 Å². The topological polar surface area (TPSA) is 61.4 Å². The third kappa shape index (κ3) is 4.18. The number of rotatable bonds is 3. The number of nitrogens with one attached hydrogen (secondary N) is 2. The number of thioether (sulfide) groups is 1. The molecule has 0 aromatic heterocycles. The zero-order chi connectivity index (χ0) is 18.0. The van der Waals surface area contributed by atoms with Crippen LogP contribution in [0.5, 0.6) is 0 Å². The van der Waals surface area contributed by atoms with Crippen LogP contribution in [0.3, 0.4) is 0 Å². The minimum absolute atomic E-state index is 0.0293. The van der Waals surface area contributed by atoms with Crippen LogP contribution in [0.1, 0.15) is 43.1 Å². The van der Waals surface area contributed by atoms with Crippen LogP contribution in [0.2, 0.25) is 0 Å². The van der Waals surface area contributed by atoms with Crippen LogP contribution in [0.15, 0.2) is 24.3 Å². The maximum atomic E-state index is 12.9. The van der Waals surface area contributed by atoms with Gasteiger partial charge < -0.3 is 15.5 Å². The van der Waals surface area contributed by atoms with E-state index < -0.39 is 0 Å². The highest BCUT2D eigenvalue weighted by molar-refractivity contribution is 7.99. The fraction of sp³-hybridized carbons (Fsp3) is 0.579. The van der Waals surface area contributed by atoms with Gasteiger partial charge in [-0.2, -0.15) is 0 Å². The number of amides is 2. The van der Waals surface area contributed by atoms with Crippen LogP contribution >= 0.6 is 11.8 Å². The number of carbonyl (C=O) groups is 2. The summed E-state index contributed by atoms with van der Waals surface area (Å²) in [5.74, 6) is 1.15. The first-order chi connectivity index (χ1) is 11.9. The number of carbonyl (C=O) groups excluding carboxylic acids is 2. The quantitative estimate of drug-likeness (QED) is 0.864. The molecule has 0 radical (unpaired) electrons. The van der Waals surface area contributed by atoms with Crippen molar-refractivity contribution in [1.29, 1.82) is 0 Å². The SMILES string of the molecule is CC(C)(C)c1ccc(C(=O)N2CSCC2C(=O)NC2CCNC2)cc1. The molecule has 1 aromatic rings. The molecule has 0 bridgehead atoms. The van der Waals surface area contributed by atoms with E-state index in [1.54, 1.807) is 16.7 Å². The predicted octanol–water partition coefficient (Wildman–Crippen LogP) is 1.98. The number of nitrogens with zero attached hydrogens (tertiary/aromatic N) is 1. The fourth-order valence-electron chi connectivity index (χ4n) is 3.21. The molecule has 1 aromatic carbocycles. The smallest absolute Gasteiger partial charge is 0.255 e. The van der Waals surface area contributed by atoms with E-state index in [4.69, 9.17) is 0 Å². The Hall–Kier alpha value is -1.53. The summed E-state index contributed by atoms with van der Waals surface area (Å²) < 4.78 is 0. The summed E-state index contributed by atoms with van der Waals surface area (Å²) in [5.41, 5.74) is 1.90. The zero-order valence-electron chi connectivity index (χ0n) is 15.2. The molecule has 0 saturated carbocycles. The number of benzene rings is 1. The van der Waals surface area contributed by atoms with Crippen molar-refractivity contribution in [1.82, 2.24) is 15.5 Å². The maximum absolute atomic E-state index is 12.9.